The number of aromatic hydroxyl groups is 1. The second kappa shape index (κ2) is 4.50. The highest BCUT2D eigenvalue weighted by atomic mass is 16.5. The average Bonchev–Trinajstić information content (AvgIpc) is 2.79. The Balaban J connectivity index is 1.77. The lowest BCUT2D eigenvalue weighted by molar-refractivity contribution is -0.180. The quantitative estimate of drug-likeness (QED) is 0.556. The Morgan fingerprint density at radius 2 is 1.96 bits per heavy atom. The van der Waals surface area contributed by atoms with E-state index in [1.54, 1.807) is 12.1 Å². The Kier molecular flexibility index (Phi) is 2.82. The van der Waals surface area contributed by atoms with Crippen LogP contribution in [0.4, 0.5) is 0 Å². The number of phenolic OH excluding ortho intramolecular Hbond substituents is 1. The van der Waals surface area contributed by atoms with E-state index in [0.717, 1.165) is 5.56 Å². The maximum Gasteiger partial charge on any atom is 0.172 e. The van der Waals surface area contributed by atoms with Crippen LogP contribution in [-0.4, -0.2) is 43.5 Å². The number of aliphatic hydroxyl groups excluding tert-OH is 1. The molecule has 0 saturated heterocycles. The summed E-state index contributed by atoms with van der Waals surface area (Å²) in [5, 5.41) is 42.9. The fourth-order valence-corrected chi connectivity index (χ4v) is 6.11. The Bertz CT molecular complexity index is 873. The predicted molar refractivity (Wildman–Crippen MR) is 90.5 cm³/mol. The molecule has 3 saturated carbocycles. The number of ether oxygens (including phenoxy) is 1. The highest BCUT2D eigenvalue weighted by Crippen LogP contribution is 2.69. The molecule has 4 aliphatic rings. The summed E-state index contributed by atoms with van der Waals surface area (Å²) in [5.74, 6) is -1.19. The Morgan fingerprint density at radius 1 is 1.23 bits per heavy atom. The zero-order valence-corrected chi connectivity index (χ0v) is 14.6. The summed E-state index contributed by atoms with van der Waals surface area (Å²) < 4.78 is 5.66. The molecule has 6 atom stereocenters. The molecular formula is C20H22O6. The monoisotopic (exact) mass is 358 g/mol. The van der Waals surface area contributed by atoms with Gasteiger partial charge >= 0.3 is 0 Å². The Hall–Kier alpha value is -1.89. The van der Waals surface area contributed by atoms with Crippen LogP contribution in [0.15, 0.2) is 30.0 Å². The molecule has 1 aromatic carbocycles. The lowest BCUT2D eigenvalue weighted by atomic mass is 9.49. The second-order valence-electron chi connectivity index (χ2n) is 8.92. The van der Waals surface area contributed by atoms with Gasteiger partial charge in [0.1, 0.15) is 11.5 Å². The Morgan fingerprint density at radius 3 is 2.69 bits per heavy atom. The average molecular weight is 358 g/mol. The van der Waals surface area contributed by atoms with E-state index in [-0.39, 0.29) is 30.4 Å². The molecule has 6 heteroatoms. The topological polar surface area (TPSA) is 107 Å². The third kappa shape index (κ3) is 1.61. The molecule has 5 rings (SSSR count). The minimum Gasteiger partial charge on any atom is -0.508 e. The van der Waals surface area contributed by atoms with Crippen LogP contribution in [0, 0.1) is 17.3 Å². The first-order valence-corrected chi connectivity index (χ1v) is 8.97. The number of hydrogen-bond acceptors (Lipinski definition) is 6. The van der Waals surface area contributed by atoms with Crippen LogP contribution < -0.4 is 4.74 Å². The van der Waals surface area contributed by atoms with Gasteiger partial charge in [-0.2, -0.15) is 0 Å². The molecule has 0 radical (unpaired) electrons. The van der Waals surface area contributed by atoms with Gasteiger partial charge in [0.05, 0.1) is 18.0 Å². The highest BCUT2D eigenvalue weighted by molar-refractivity contribution is 5.94. The molecule has 0 aromatic heterocycles. The lowest BCUT2D eigenvalue weighted by Gasteiger charge is -2.57. The summed E-state index contributed by atoms with van der Waals surface area (Å²) in [6.45, 7) is 4.08. The molecular weight excluding hydrogens is 336 g/mol. The number of fused-ring (bicyclic) bond motifs is 5. The normalized spacial score (nSPS) is 44.7. The van der Waals surface area contributed by atoms with E-state index in [4.69, 9.17) is 4.74 Å². The van der Waals surface area contributed by atoms with Crippen molar-refractivity contribution in [1.82, 2.24) is 0 Å². The van der Waals surface area contributed by atoms with Gasteiger partial charge in [-0.1, -0.05) is 19.9 Å². The molecule has 3 aliphatic carbocycles. The van der Waals surface area contributed by atoms with Crippen molar-refractivity contribution in [2.45, 2.75) is 49.9 Å². The summed E-state index contributed by atoms with van der Waals surface area (Å²) >= 11 is 0. The summed E-state index contributed by atoms with van der Waals surface area (Å²) in [6, 6.07) is 4.84. The number of aliphatic hydroxyl groups is 3. The summed E-state index contributed by atoms with van der Waals surface area (Å²) in [5.41, 5.74) is -2.53. The van der Waals surface area contributed by atoms with Crippen molar-refractivity contribution >= 4 is 5.78 Å². The smallest absolute Gasteiger partial charge is 0.172 e. The molecule has 3 fully saturated rings. The number of phenols is 1. The molecule has 6 nitrogen and oxygen atoms in total. The highest BCUT2D eigenvalue weighted by Gasteiger charge is 2.74. The van der Waals surface area contributed by atoms with E-state index in [2.05, 4.69) is 0 Å². The number of carbonyl (C=O) groups excluding carboxylic acids is 1. The standard InChI is InChI=1S/C20H22O6/c1-18(2)11-6-19(24)7-14(22)20(25,16(11)17(19)23)12-8-26-13-5-9(21)3-4-10(13)15(12)18/h3-5,8,11,15-17,21,23-25H,6-7H2,1-2H3/t11-,15?,16?,17+,19?,20-/m0/s1. The molecule has 0 spiro atoms. The minimum absolute atomic E-state index is 0.0772. The first kappa shape index (κ1) is 16.3. The molecule has 2 bridgehead atoms. The molecule has 1 aromatic rings. The van der Waals surface area contributed by atoms with Crippen LogP contribution in [0.2, 0.25) is 0 Å². The number of carbonyl (C=O) groups is 1. The van der Waals surface area contributed by atoms with Crippen LogP contribution in [0.5, 0.6) is 11.5 Å². The molecule has 3 unspecified atom stereocenters. The van der Waals surface area contributed by atoms with E-state index in [1.807, 2.05) is 13.8 Å². The molecule has 4 N–H and O–H groups in total. The third-order valence-electron chi connectivity index (χ3n) is 7.34. The van der Waals surface area contributed by atoms with E-state index in [1.165, 1.54) is 12.3 Å². The van der Waals surface area contributed by atoms with Crippen LogP contribution in [0.25, 0.3) is 0 Å². The van der Waals surface area contributed by atoms with Crippen molar-refractivity contribution in [3.63, 3.8) is 0 Å². The zero-order chi connectivity index (χ0) is 18.6. The van der Waals surface area contributed by atoms with Crippen molar-refractivity contribution in [2.75, 3.05) is 0 Å². The SMILES string of the molecule is CC1(C)C2C(=COc3cc(O)ccc32)[C@]2(O)C(=O)CC3(O)C[C@H]1C2[C@H]3O. The number of rotatable bonds is 0. The van der Waals surface area contributed by atoms with Gasteiger partial charge in [0.25, 0.3) is 0 Å². The lowest BCUT2D eigenvalue weighted by Crippen LogP contribution is -2.66. The molecule has 1 heterocycles. The number of Topliss-reactive ketones (excluding diaryl/α,β-unsaturated/α-hetero) is 1. The predicted octanol–water partition coefficient (Wildman–Crippen LogP) is 1.22. The summed E-state index contributed by atoms with van der Waals surface area (Å²) in [4.78, 5) is 12.9. The van der Waals surface area contributed by atoms with Crippen LogP contribution in [0.3, 0.4) is 0 Å². The molecule has 1 aliphatic heterocycles. The second-order valence-corrected chi connectivity index (χ2v) is 8.92. The van der Waals surface area contributed by atoms with Crippen molar-refractivity contribution in [3.05, 3.63) is 35.6 Å². The van der Waals surface area contributed by atoms with Crippen LogP contribution in [0.1, 0.15) is 38.2 Å². The van der Waals surface area contributed by atoms with E-state index < -0.39 is 34.4 Å². The minimum atomic E-state index is -1.84. The van der Waals surface area contributed by atoms with Gasteiger partial charge < -0.3 is 25.2 Å². The van der Waals surface area contributed by atoms with Gasteiger partial charge in [-0.05, 0) is 23.8 Å². The van der Waals surface area contributed by atoms with Gasteiger partial charge in [-0.15, -0.1) is 0 Å². The van der Waals surface area contributed by atoms with Gasteiger partial charge in [0, 0.05) is 35.5 Å². The van der Waals surface area contributed by atoms with Crippen molar-refractivity contribution in [1.29, 1.82) is 0 Å². The molecule has 26 heavy (non-hydrogen) atoms. The maximum atomic E-state index is 12.9. The van der Waals surface area contributed by atoms with Crippen molar-refractivity contribution in [3.8, 4) is 11.5 Å². The van der Waals surface area contributed by atoms with E-state index in [0.29, 0.717) is 11.3 Å². The fourth-order valence-electron chi connectivity index (χ4n) is 6.11. The Labute approximate surface area is 150 Å². The van der Waals surface area contributed by atoms with Crippen molar-refractivity contribution in [2.24, 2.45) is 17.3 Å². The number of hydrogen-bond donors (Lipinski definition) is 4. The fraction of sp³-hybridized carbons (Fsp3) is 0.550. The molecule has 138 valence electrons. The van der Waals surface area contributed by atoms with Crippen molar-refractivity contribution < 1.29 is 30.0 Å². The number of ketones is 1. The first-order valence-electron chi connectivity index (χ1n) is 8.97. The van der Waals surface area contributed by atoms with Crippen LogP contribution in [-0.2, 0) is 4.79 Å². The largest absolute Gasteiger partial charge is 0.508 e. The van der Waals surface area contributed by atoms with Gasteiger partial charge in [0.15, 0.2) is 11.4 Å². The van der Waals surface area contributed by atoms with Gasteiger partial charge in [0.2, 0.25) is 0 Å². The third-order valence-corrected chi connectivity index (χ3v) is 7.34. The number of benzene rings is 1. The summed E-state index contributed by atoms with van der Waals surface area (Å²) in [6.07, 6.45) is 0.258. The van der Waals surface area contributed by atoms with E-state index >= 15 is 0 Å². The van der Waals surface area contributed by atoms with Gasteiger partial charge in [-0.25, -0.2) is 0 Å². The summed E-state index contributed by atoms with van der Waals surface area (Å²) in [7, 11) is 0. The van der Waals surface area contributed by atoms with E-state index in [9.17, 15) is 25.2 Å². The zero-order valence-electron chi connectivity index (χ0n) is 14.6. The van der Waals surface area contributed by atoms with Gasteiger partial charge in [-0.3, -0.25) is 4.79 Å². The first-order chi connectivity index (χ1) is 12.1. The molecule has 0 amide bonds. The maximum absolute atomic E-state index is 12.9. The van der Waals surface area contributed by atoms with Crippen LogP contribution >= 0.6 is 0 Å².